The Morgan fingerprint density at radius 1 is 0.971 bits per heavy atom. The van der Waals surface area contributed by atoms with E-state index in [4.69, 9.17) is 0 Å². The first kappa shape index (κ1) is 24.7. The van der Waals surface area contributed by atoms with Crippen molar-refractivity contribution in [2.45, 2.75) is 39.3 Å². The number of carbonyl (C=O) groups excluding carboxylic acids is 1. The lowest BCUT2D eigenvalue weighted by Crippen LogP contribution is -2.43. The van der Waals surface area contributed by atoms with Crippen LogP contribution in [0.4, 0.5) is 15.8 Å². The molecule has 184 valence electrons. The number of amides is 1. The topological polar surface area (TPSA) is 47.0 Å². The maximum Gasteiger partial charge on any atom is 0.253 e. The number of piperidine rings is 1. The average molecular weight is 476 g/mol. The van der Waals surface area contributed by atoms with Gasteiger partial charge in [0.05, 0.1) is 5.69 Å². The minimum atomic E-state index is -0.377. The van der Waals surface area contributed by atoms with Crippen LogP contribution in [0.1, 0.15) is 42.6 Å². The third-order valence-electron chi connectivity index (χ3n) is 6.80. The first-order chi connectivity index (χ1) is 17.0. The number of likely N-dealkylation sites (tertiary alicyclic amines) is 1. The number of carbonyl (C=O) groups is 1. The molecule has 0 saturated carbocycles. The summed E-state index contributed by atoms with van der Waals surface area (Å²) in [6, 6.07) is 22.1. The summed E-state index contributed by atoms with van der Waals surface area (Å²) in [4.78, 5) is 19.0. The van der Waals surface area contributed by atoms with Gasteiger partial charge in [-0.1, -0.05) is 30.3 Å². The molecular weight excluding hydrogens is 441 g/mol. The smallest absolute Gasteiger partial charge is 0.253 e. The normalized spacial score (nSPS) is 14.6. The highest BCUT2D eigenvalue weighted by atomic mass is 19.1. The Hall–Kier alpha value is -3.38. The van der Waals surface area contributed by atoms with Gasteiger partial charge < -0.3 is 14.9 Å². The molecule has 0 bridgehead atoms. The van der Waals surface area contributed by atoms with Gasteiger partial charge >= 0.3 is 0 Å². The zero-order chi connectivity index (χ0) is 24.8. The van der Waals surface area contributed by atoms with E-state index in [1.807, 2.05) is 49.1 Å². The lowest BCUT2D eigenvalue weighted by molar-refractivity contribution is 0.0773. The molecular formula is C29H34FN3O2. The predicted molar refractivity (Wildman–Crippen MR) is 139 cm³/mol. The Morgan fingerprint density at radius 3 is 2.26 bits per heavy atom. The minimum Gasteiger partial charge on any atom is -0.508 e. The van der Waals surface area contributed by atoms with Gasteiger partial charge in [-0.25, -0.2) is 4.39 Å². The number of rotatable bonds is 8. The third-order valence-corrected chi connectivity index (χ3v) is 6.80. The van der Waals surface area contributed by atoms with Crippen molar-refractivity contribution in [2.24, 2.45) is 0 Å². The fourth-order valence-corrected chi connectivity index (χ4v) is 4.87. The molecule has 3 aromatic carbocycles. The molecule has 6 heteroatoms. The molecule has 0 aliphatic carbocycles. The van der Waals surface area contributed by atoms with E-state index in [1.165, 1.54) is 23.8 Å². The van der Waals surface area contributed by atoms with Crippen LogP contribution >= 0.6 is 0 Å². The summed E-state index contributed by atoms with van der Waals surface area (Å²) in [7, 11) is 0. The van der Waals surface area contributed by atoms with Gasteiger partial charge in [-0.05, 0) is 68.7 Å². The monoisotopic (exact) mass is 475 g/mol. The molecule has 0 spiro atoms. The number of phenolic OH excluding ortho intramolecular Hbond substituents is 1. The van der Waals surface area contributed by atoms with Gasteiger partial charge in [-0.3, -0.25) is 9.69 Å². The van der Waals surface area contributed by atoms with E-state index in [2.05, 4.69) is 29.2 Å². The molecule has 3 aromatic rings. The van der Waals surface area contributed by atoms with Crippen LogP contribution in [0.25, 0.3) is 0 Å². The molecule has 0 unspecified atom stereocenters. The standard InChI is InChI=1S/C29H34FN3O2/c1-3-32(4-2)29(35)23-10-12-24(13-11-23)33(28-20-26(34)14-15-27(28)30)25-16-18-31(19-17-25)21-22-8-6-5-7-9-22/h5-15,20,25,34H,3-4,16-19,21H2,1-2H3. The Kier molecular flexibility index (Phi) is 8.03. The van der Waals surface area contributed by atoms with Crippen molar-refractivity contribution < 1.29 is 14.3 Å². The van der Waals surface area contributed by atoms with Crippen LogP contribution in [0.5, 0.6) is 5.75 Å². The van der Waals surface area contributed by atoms with E-state index in [-0.39, 0.29) is 23.5 Å². The van der Waals surface area contributed by atoms with Crippen LogP contribution in [0, 0.1) is 5.82 Å². The van der Waals surface area contributed by atoms with E-state index in [0.29, 0.717) is 24.3 Å². The molecule has 4 rings (SSSR count). The Balaban J connectivity index is 1.57. The molecule has 1 aliphatic rings. The Morgan fingerprint density at radius 2 is 1.63 bits per heavy atom. The summed E-state index contributed by atoms with van der Waals surface area (Å²) in [5.41, 5.74) is 3.07. The third kappa shape index (κ3) is 5.82. The first-order valence-corrected chi connectivity index (χ1v) is 12.4. The average Bonchev–Trinajstić information content (AvgIpc) is 2.89. The van der Waals surface area contributed by atoms with Gasteiger partial charge in [-0.15, -0.1) is 0 Å². The van der Waals surface area contributed by atoms with Gasteiger partial charge in [0.25, 0.3) is 5.91 Å². The highest BCUT2D eigenvalue weighted by Gasteiger charge is 2.28. The van der Waals surface area contributed by atoms with Crippen LogP contribution in [-0.4, -0.2) is 53.0 Å². The number of halogens is 1. The minimum absolute atomic E-state index is 0.00847. The molecule has 35 heavy (non-hydrogen) atoms. The lowest BCUT2D eigenvalue weighted by Gasteiger charge is -2.40. The van der Waals surface area contributed by atoms with E-state index >= 15 is 4.39 Å². The number of hydrogen-bond donors (Lipinski definition) is 1. The second-order valence-corrected chi connectivity index (χ2v) is 9.02. The predicted octanol–water partition coefficient (Wildman–Crippen LogP) is 5.82. The van der Waals surface area contributed by atoms with Crippen molar-refractivity contribution in [1.29, 1.82) is 0 Å². The van der Waals surface area contributed by atoms with Crippen molar-refractivity contribution in [1.82, 2.24) is 9.80 Å². The van der Waals surface area contributed by atoms with E-state index in [9.17, 15) is 9.90 Å². The number of nitrogens with zero attached hydrogens (tertiary/aromatic N) is 3. The maximum absolute atomic E-state index is 15.0. The van der Waals surface area contributed by atoms with E-state index < -0.39 is 0 Å². The molecule has 1 N–H and O–H groups in total. The van der Waals surface area contributed by atoms with E-state index in [0.717, 1.165) is 38.2 Å². The zero-order valence-corrected chi connectivity index (χ0v) is 20.5. The van der Waals surface area contributed by atoms with Crippen LogP contribution in [0.2, 0.25) is 0 Å². The molecule has 1 saturated heterocycles. The molecule has 1 amide bonds. The van der Waals surface area contributed by atoms with Gasteiger partial charge in [0.1, 0.15) is 11.6 Å². The van der Waals surface area contributed by atoms with Crippen molar-refractivity contribution in [2.75, 3.05) is 31.1 Å². The van der Waals surface area contributed by atoms with Crippen molar-refractivity contribution in [3.8, 4) is 5.75 Å². The SMILES string of the molecule is CCN(CC)C(=O)c1ccc(N(c2cc(O)ccc2F)C2CCN(Cc3ccccc3)CC2)cc1. The summed E-state index contributed by atoms with van der Waals surface area (Å²) in [6.45, 7) is 7.93. The number of aromatic hydroxyl groups is 1. The second-order valence-electron chi connectivity index (χ2n) is 9.02. The molecule has 1 fully saturated rings. The fraction of sp³-hybridized carbons (Fsp3) is 0.345. The highest BCUT2D eigenvalue weighted by Crippen LogP contribution is 2.36. The fourth-order valence-electron chi connectivity index (χ4n) is 4.87. The summed E-state index contributed by atoms with van der Waals surface area (Å²) in [5.74, 6) is -0.357. The first-order valence-electron chi connectivity index (χ1n) is 12.4. The van der Waals surface area contributed by atoms with Crippen LogP contribution in [0.3, 0.4) is 0 Å². The summed E-state index contributed by atoms with van der Waals surface area (Å²) in [5, 5.41) is 10.1. The van der Waals surface area contributed by atoms with Crippen LogP contribution < -0.4 is 4.90 Å². The molecule has 1 heterocycles. The molecule has 1 aliphatic heterocycles. The highest BCUT2D eigenvalue weighted by molar-refractivity contribution is 5.94. The largest absolute Gasteiger partial charge is 0.508 e. The zero-order valence-electron chi connectivity index (χ0n) is 20.5. The van der Waals surface area contributed by atoms with Crippen molar-refractivity contribution >= 4 is 17.3 Å². The number of anilines is 2. The molecule has 0 aromatic heterocycles. The van der Waals surface area contributed by atoms with Gasteiger partial charge in [-0.2, -0.15) is 0 Å². The summed E-state index contributed by atoms with van der Waals surface area (Å²) in [6.07, 6.45) is 1.73. The van der Waals surface area contributed by atoms with Crippen molar-refractivity contribution in [3.05, 3.63) is 89.7 Å². The molecule has 0 radical (unpaired) electrons. The molecule has 5 nitrogen and oxygen atoms in total. The quantitative estimate of drug-likeness (QED) is 0.446. The number of benzene rings is 3. The van der Waals surface area contributed by atoms with Gasteiger partial charge in [0, 0.05) is 56.1 Å². The Labute approximate surface area is 207 Å². The van der Waals surface area contributed by atoms with Crippen LogP contribution in [-0.2, 0) is 6.54 Å². The second kappa shape index (κ2) is 11.4. The maximum atomic E-state index is 15.0. The van der Waals surface area contributed by atoms with Gasteiger partial charge in [0.2, 0.25) is 0 Å². The summed E-state index contributed by atoms with van der Waals surface area (Å²) < 4.78 is 15.0. The lowest BCUT2D eigenvalue weighted by atomic mass is 10.00. The van der Waals surface area contributed by atoms with E-state index in [1.54, 1.807) is 4.90 Å². The number of phenols is 1. The van der Waals surface area contributed by atoms with Crippen LogP contribution in [0.15, 0.2) is 72.8 Å². The number of hydrogen-bond acceptors (Lipinski definition) is 4. The van der Waals surface area contributed by atoms with Gasteiger partial charge in [0.15, 0.2) is 0 Å². The molecule has 0 atom stereocenters. The Bertz CT molecular complexity index is 1110. The summed E-state index contributed by atoms with van der Waals surface area (Å²) >= 11 is 0. The van der Waals surface area contributed by atoms with Crippen molar-refractivity contribution in [3.63, 3.8) is 0 Å².